The highest BCUT2D eigenvalue weighted by Crippen LogP contribution is 2.28. The number of carbonyl (C=O) groups excluding carboxylic acids is 1. The summed E-state index contributed by atoms with van der Waals surface area (Å²) in [6.45, 7) is 4.33. The quantitative estimate of drug-likeness (QED) is 0.802. The SMILES string of the molecule is CC1CC(NC(=O)Nc2cnn(C3CCCCC3)c2)CC(C)N1. The molecule has 2 aliphatic rings. The summed E-state index contributed by atoms with van der Waals surface area (Å²) in [7, 11) is 0. The van der Waals surface area contributed by atoms with Crippen LogP contribution < -0.4 is 16.0 Å². The van der Waals surface area contributed by atoms with E-state index in [0.717, 1.165) is 18.5 Å². The fourth-order valence-electron chi connectivity index (χ4n) is 3.99. The van der Waals surface area contributed by atoms with Crippen LogP contribution in [0.15, 0.2) is 12.4 Å². The van der Waals surface area contributed by atoms with Gasteiger partial charge < -0.3 is 16.0 Å². The largest absolute Gasteiger partial charge is 0.335 e. The van der Waals surface area contributed by atoms with Crippen molar-refractivity contribution in [2.24, 2.45) is 0 Å². The van der Waals surface area contributed by atoms with Gasteiger partial charge >= 0.3 is 6.03 Å². The summed E-state index contributed by atoms with van der Waals surface area (Å²) < 4.78 is 2.02. The molecule has 0 bridgehead atoms. The van der Waals surface area contributed by atoms with Crippen LogP contribution in [-0.2, 0) is 0 Å². The second kappa shape index (κ2) is 7.34. The minimum Gasteiger partial charge on any atom is -0.335 e. The zero-order chi connectivity index (χ0) is 16.2. The van der Waals surface area contributed by atoms with E-state index in [0.29, 0.717) is 18.1 Å². The highest BCUT2D eigenvalue weighted by molar-refractivity contribution is 5.89. The number of nitrogens with one attached hydrogen (secondary N) is 3. The zero-order valence-corrected chi connectivity index (χ0v) is 14.2. The molecule has 2 heterocycles. The van der Waals surface area contributed by atoms with Crippen molar-refractivity contribution in [3.8, 4) is 0 Å². The maximum Gasteiger partial charge on any atom is 0.319 e. The molecule has 0 aromatic carbocycles. The average molecular weight is 319 g/mol. The van der Waals surface area contributed by atoms with Crippen LogP contribution in [0.4, 0.5) is 10.5 Å². The molecular formula is C17H29N5O. The summed E-state index contributed by atoms with van der Waals surface area (Å²) in [5, 5.41) is 13.9. The number of amides is 2. The van der Waals surface area contributed by atoms with Crippen LogP contribution >= 0.6 is 0 Å². The smallest absolute Gasteiger partial charge is 0.319 e. The van der Waals surface area contributed by atoms with Gasteiger partial charge in [-0.25, -0.2) is 4.79 Å². The number of hydrogen-bond acceptors (Lipinski definition) is 3. The Morgan fingerprint density at radius 2 is 1.91 bits per heavy atom. The van der Waals surface area contributed by atoms with Crippen LogP contribution in [0.5, 0.6) is 0 Å². The van der Waals surface area contributed by atoms with E-state index >= 15 is 0 Å². The lowest BCUT2D eigenvalue weighted by Crippen LogP contribution is -2.51. The molecular weight excluding hydrogens is 290 g/mol. The Bertz CT molecular complexity index is 513. The van der Waals surface area contributed by atoms with E-state index < -0.39 is 0 Å². The number of rotatable bonds is 3. The van der Waals surface area contributed by atoms with Crippen molar-refractivity contribution in [1.82, 2.24) is 20.4 Å². The van der Waals surface area contributed by atoms with Crippen molar-refractivity contribution >= 4 is 11.7 Å². The highest BCUT2D eigenvalue weighted by atomic mass is 16.2. The van der Waals surface area contributed by atoms with Crippen molar-refractivity contribution in [3.05, 3.63) is 12.4 Å². The first-order valence-corrected chi connectivity index (χ1v) is 8.98. The van der Waals surface area contributed by atoms with E-state index in [4.69, 9.17) is 0 Å². The van der Waals surface area contributed by atoms with Gasteiger partial charge in [-0.3, -0.25) is 4.68 Å². The maximum atomic E-state index is 12.2. The van der Waals surface area contributed by atoms with Crippen LogP contribution in [0.1, 0.15) is 64.8 Å². The molecule has 6 heteroatoms. The third-order valence-electron chi connectivity index (χ3n) is 4.99. The first kappa shape index (κ1) is 16.3. The summed E-state index contributed by atoms with van der Waals surface area (Å²) in [4.78, 5) is 12.2. The van der Waals surface area contributed by atoms with Crippen molar-refractivity contribution in [2.75, 3.05) is 5.32 Å². The molecule has 2 fully saturated rings. The van der Waals surface area contributed by atoms with Crippen molar-refractivity contribution in [3.63, 3.8) is 0 Å². The summed E-state index contributed by atoms with van der Waals surface area (Å²) in [5.41, 5.74) is 0.781. The Labute approximate surface area is 138 Å². The van der Waals surface area contributed by atoms with Gasteiger partial charge in [-0.15, -0.1) is 0 Å². The Morgan fingerprint density at radius 1 is 1.22 bits per heavy atom. The van der Waals surface area contributed by atoms with E-state index in [1.54, 1.807) is 6.20 Å². The molecule has 0 spiro atoms. The first-order chi connectivity index (χ1) is 11.1. The zero-order valence-electron chi connectivity index (χ0n) is 14.2. The number of carbonyl (C=O) groups is 1. The molecule has 23 heavy (non-hydrogen) atoms. The van der Waals surface area contributed by atoms with Gasteiger partial charge in [0.25, 0.3) is 0 Å². The molecule has 0 radical (unpaired) electrons. The van der Waals surface area contributed by atoms with Gasteiger partial charge in [0, 0.05) is 24.3 Å². The number of urea groups is 1. The number of aromatic nitrogens is 2. The summed E-state index contributed by atoms with van der Waals surface area (Å²) in [6, 6.07) is 1.49. The predicted molar refractivity (Wildman–Crippen MR) is 91.6 cm³/mol. The molecule has 3 rings (SSSR count). The van der Waals surface area contributed by atoms with Gasteiger partial charge in [0.2, 0.25) is 0 Å². The van der Waals surface area contributed by atoms with Crippen LogP contribution in [-0.4, -0.2) is 33.9 Å². The highest BCUT2D eigenvalue weighted by Gasteiger charge is 2.24. The van der Waals surface area contributed by atoms with Gasteiger partial charge in [-0.1, -0.05) is 19.3 Å². The van der Waals surface area contributed by atoms with Gasteiger partial charge in [0.05, 0.1) is 17.9 Å². The van der Waals surface area contributed by atoms with Crippen LogP contribution in [0, 0.1) is 0 Å². The monoisotopic (exact) mass is 319 g/mol. The fourth-order valence-corrected chi connectivity index (χ4v) is 3.99. The molecule has 2 unspecified atom stereocenters. The van der Waals surface area contributed by atoms with Gasteiger partial charge in [0.15, 0.2) is 0 Å². The second-order valence-electron chi connectivity index (χ2n) is 7.24. The van der Waals surface area contributed by atoms with Gasteiger partial charge in [0.1, 0.15) is 0 Å². The minimum absolute atomic E-state index is 0.125. The summed E-state index contributed by atoms with van der Waals surface area (Å²) >= 11 is 0. The number of nitrogens with zero attached hydrogens (tertiary/aromatic N) is 2. The molecule has 2 atom stereocenters. The van der Waals surface area contributed by atoms with E-state index in [-0.39, 0.29) is 12.1 Å². The molecule has 1 aliphatic heterocycles. The average Bonchev–Trinajstić information content (AvgIpc) is 2.95. The van der Waals surface area contributed by atoms with Gasteiger partial charge in [-0.05, 0) is 39.5 Å². The molecule has 3 N–H and O–H groups in total. The van der Waals surface area contributed by atoms with Crippen molar-refractivity contribution < 1.29 is 4.79 Å². The molecule has 128 valence electrons. The number of piperidine rings is 1. The Hall–Kier alpha value is -1.56. The molecule has 1 aliphatic carbocycles. The molecule has 1 saturated heterocycles. The lowest BCUT2D eigenvalue weighted by molar-refractivity contribution is 0.235. The van der Waals surface area contributed by atoms with E-state index in [1.807, 2.05) is 10.9 Å². The second-order valence-corrected chi connectivity index (χ2v) is 7.24. The van der Waals surface area contributed by atoms with Crippen LogP contribution in [0.2, 0.25) is 0 Å². The third kappa shape index (κ3) is 4.47. The van der Waals surface area contributed by atoms with Crippen LogP contribution in [0.25, 0.3) is 0 Å². The van der Waals surface area contributed by atoms with E-state index in [1.165, 1.54) is 32.1 Å². The number of hydrogen-bond donors (Lipinski definition) is 3. The lowest BCUT2D eigenvalue weighted by atomic mass is 9.95. The van der Waals surface area contributed by atoms with E-state index in [2.05, 4.69) is 34.9 Å². The summed E-state index contributed by atoms with van der Waals surface area (Å²) in [6.07, 6.45) is 11.9. The molecule has 1 aromatic rings. The molecule has 1 aromatic heterocycles. The molecule has 2 amide bonds. The normalized spacial score (nSPS) is 29.2. The first-order valence-electron chi connectivity index (χ1n) is 8.98. The maximum absolute atomic E-state index is 12.2. The predicted octanol–water partition coefficient (Wildman–Crippen LogP) is 3.04. The van der Waals surface area contributed by atoms with Crippen LogP contribution in [0.3, 0.4) is 0 Å². The molecule has 6 nitrogen and oxygen atoms in total. The Kier molecular flexibility index (Phi) is 5.20. The standard InChI is InChI=1S/C17H29N5O/c1-12-8-14(9-13(2)19-12)20-17(23)21-15-10-18-22(11-15)16-6-4-3-5-7-16/h10-14,16,19H,3-9H2,1-2H3,(H2,20,21,23). The van der Waals surface area contributed by atoms with Crippen molar-refractivity contribution in [1.29, 1.82) is 0 Å². The third-order valence-corrected chi connectivity index (χ3v) is 4.99. The number of anilines is 1. The fraction of sp³-hybridized carbons (Fsp3) is 0.765. The Morgan fingerprint density at radius 3 is 2.61 bits per heavy atom. The van der Waals surface area contributed by atoms with Crippen molar-refractivity contribution in [2.45, 2.75) is 83.0 Å². The minimum atomic E-state index is -0.125. The topological polar surface area (TPSA) is 71.0 Å². The van der Waals surface area contributed by atoms with Gasteiger partial charge in [-0.2, -0.15) is 5.10 Å². The Balaban J connectivity index is 1.50. The summed E-state index contributed by atoms with van der Waals surface area (Å²) in [5.74, 6) is 0. The van der Waals surface area contributed by atoms with E-state index in [9.17, 15) is 4.79 Å². The molecule has 1 saturated carbocycles. The lowest BCUT2D eigenvalue weighted by Gasteiger charge is -2.33.